The van der Waals surface area contributed by atoms with Gasteiger partial charge in [0.25, 0.3) is 0 Å². The second kappa shape index (κ2) is 7.98. The first kappa shape index (κ1) is 16.5. The fourth-order valence-corrected chi connectivity index (χ4v) is 4.08. The standard InChI is InChI=1S/C16H14I2O3/c17-13-8-12(6-7-15(19)20)9-14(18)16(13)21-10-11-4-2-1-3-5-11/h1-5,8-9H,6-7,10H2,(H,19,20). The number of carboxylic acid groups (broad SMARTS) is 1. The number of aryl methyl sites for hydroxylation is 1. The van der Waals surface area contributed by atoms with Gasteiger partial charge in [-0.3, -0.25) is 4.79 Å². The highest BCUT2D eigenvalue weighted by Gasteiger charge is 2.10. The minimum atomic E-state index is -0.774. The summed E-state index contributed by atoms with van der Waals surface area (Å²) in [5.41, 5.74) is 2.15. The maximum atomic E-state index is 10.6. The molecule has 110 valence electrons. The average Bonchev–Trinajstić information content (AvgIpc) is 2.45. The van der Waals surface area contributed by atoms with Crippen molar-refractivity contribution in [2.45, 2.75) is 19.4 Å². The van der Waals surface area contributed by atoms with Gasteiger partial charge in [-0.15, -0.1) is 0 Å². The number of halogens is 2. The van der Waals surface area contributed by atoms with Gasteiger partial charge in [0.15, 0.2) is 0 Å². The second-order valence-corrected chi connectivity index (χ2v) is 6.88. The topological polar surface area (TPSA) is 46.5 Å². The molecule has 2 rings (SSSR count). The van der Waals surface area contributed by atoms with Crippen molar-refractivity contribution in [2.24, 2.45) is 0 Å². The molecule has 0 atom stereocenters. The lowest BCUT2D eigenvalue weighted by atomic mass is 10.1. The Hall–Kier alpha value is -0.830. The quantitative estimate of drug-likeness (QED) is 0.586. The largest absolute Gasteiger partial charge is 0.487 e. The van der Waals surface area contributed by atoms with Crippen LogP contribution in [-0.4, -0.2) is 11.1 Å². The van der Waals surface area contributed by atoms with Crippen LogP contribution in [0.1, 0.15) is 17.5 Å². The second-order valence-electron chi connectivity index (χ2n) is 4.56. The normalized spacial score (nSPS) is 10.4. The van der Waals surface area contributed by atoms with E-state index in [9.17, 15) is 4.79 Å². The van der Waals surface area contributed by atoms with Gasteiger partial charge in [0.1, 0.15) is 12.4 Å². The van der Waals surface area contributed by atoms with Crippen molar-refractivity contribution in [2.75, 3.05) is 0 Å². The molecule has 0 aliphatic carbocycles. The van der Waals surface area contributed by atoms with Gasteiger partial charge in [-0.25, -0.2) is 0 Å². The van der Waals surface area contributed by atoms with E-state index in [2.05, 4.69) is 45.2 Å². The maximum Gasteiger partial charge on any atom is 0.303 e. The summed E-state index contributed by atoms with van der Waals surface area (Å²) in [5.74, 6) is 0.0866. The van der Waals surface area contributed by atoms with E-state index in [4.69, 9.17) is 9.84 Å². The minimum Gasteiger partial charge on any atom is -0.487 e. The number of ether oxygens (including phenoxy) is 1. The van der Waals surface area contributed by atoms with Crippen LogP contribution in [0.3, 0.4) is 0 Å². The molecule has 21 heavy (non-hydrogen) atoms. The van der Waals surface area contributed by atoms with Crippen molar-refractivity contribution < 1.29 is 14.6 Å². The molecule has 0 fully saturated rings. The van der Waals surface area contributed by atoms with Gasteiger partial charge in [0.2, 0.25) is 0 Å². The molecular weight excluding hydrogens is 494 g/mol. The van der Waals surface area contributed by atoms with Gasteiger partial charge >= 0.3 is 5.97 Å². The van der Waals surface area contributed by atoms with E-state index in [1.165, 1.54) is 0 Å². The van der Waals surface area contributed by atoms with Gasteiger partial charge in [0.05, 0.1) is 7.14 Å². The third-order valence-corrected chi connectivity index (χ3v) is 4.51. The number of aliphatic carboxylic acids is 1. The molecule has 0 aromatic heterocycles. The molecule has 2 aromatic rings. The van der Waals surface area contributed by atoms with Gasteiger partial charge in [-0.1, -0.05) is 30.3 Å². The fraction of sp³-hybridized carbons (Fsp3) is 0.188. The number of carboxylic acids is 1. The Morgan fingerprint density at radius 3 is 2.24 bits per heavy atom. The zero-order valence-corrected chi connectivity index (χ0v) is 15.5. The monoisotopic (exact) mass is 508 g/mol. The molecule has 0 saturated carbocycles. The lowest BCUT2D eigenvalue weighted by Gasteiger charge is -2.12. The van der Waals surface area contributed by atoms with Crippen LogP contribution in [0.4, 0.5) is 0 Å². The molecule has 0 unspecified atom stereocenters. The molecule has 0 aliphatic heterocycles. The molecule has 5 heteroatoms. The first-order valence-corrected chi connectivity index (χ1v) is 8.58. The highest BCUT2D eigenvalue weighted by molar-refractivity contribution is 14.1. The number of hydrogen-bond acceptors (Lipinski definition) is 2. The van der Waals surface area contributed by atoms with Crippen molar-refractivity contribution in [1.82, 2.24) is 0 Å². The third kappa shape index (κ3) is 5.14. The average molecular weight is 508 g/mol. The van der Waals surface area contributed by atoms with Gasteiger partial charge in [-0.05, 0) is 74.9 Å². The molecule has 0 saturated heterocycles. The lowest BCUT2D eigenvalue weighted by Crippen LogP contribution is -2.02. The molecule has 0 aliphatic rings. The molecule has 0 spiro atoms. The number of carbonyl (C=O) groups is 1. The summed E-state index contributed by atoms with van der Waals surface area (Å²) < 4.78 is 7.92. The van der Waals surface area contributed by atoms with E-state index in [1.807, 2.05) is 42.5 Å². The van der Waals surface area contributed by atoms with Crippen LogP contribution in [-0.2, 0) is 17.8 Å². The van der Waals surface area contributed by atoms with Crippen LogP contribution in [0.15, 0.2) is 42.5 Å². The number of benzene rings is 2. The predicted octanol–water partition coefficient (Wildman–Crippen LogP) is 4.49. The third-order valence-electron chi connectivity index (χ3n) is 2.91. The van der Waals surface area contributed by atoms with E-state index >= 15 is 0 Å². The van der Waals surface area contributed by atoms with Gasteiger partial charge in [-0.2, -0.15) is 0 Å². The first-order valence-electron chi connectivity index (χ1n) is 6.42. The Labute approximate surface area is 151 Å². The van der Waals surface area contributed by atoms with E-state index in [-0.39, 0.29) is 6.42 Å². The summed E-state index contributed by atoms with van der Waals surface area (Å²) in [6.45, 7) is 0.529. The summed E-state index contributed by atoms with van der Waals surface area (Å²) in [5, 5.41) is 8.75. The van der Waals surface area contributed by atoms with E-state index in [0.717, 1.165) is 24.0 Å². The van der Waals surface area contributed by atoms with E-state index in [1.54, 1.807) is 0 Å². The summed E-state index contributed by atoms with van der Waals surface area (Å²) in [4.78, 5) is 10.6. The van der Waals surface area contributed by atoms with Crippen LogP contribution in [0.5, 0.6) is 5.75 Å². The molecule has 0 radical (unpaired) electrons. The minimum absolute atomic E-state index is 0.149. The molecule has 0 amide bonds. The Balaban J connectivity index is 2.08. The molecule has 0 heterocycles. The zero-order valence-electron chi connectivity index (χ0n) is 11.2. The number of hydrogen-bond donors (Lipinski definition) is 1. The molecule has 2 aromatic carbocycles. The summed E-state index contributed by atoms with van der Waals surface area (Å²) in [7, 11) is 0. The SMILES string of the molecule is O=C(O)CCc1cc(I)c(OCc2ccccc2)c(I)c1. The smallest absolute Gasteiger partial charge is 0.303 e. The molecule has 0 bridgehead atoms. The van der Waals surface area contributed by atoms with Crippen molar-refractivity contribution in [3.63, 3.8) is 0 Å². The van der Waals surface area contributed by atoms with Crippen LogP contribution in [0.2, 0.25) is 0 Å². The van der Waals surface area contributed by atoms with Crippen LogP contribution in [0, 0.1) is 7.14 Å². The van der Waals surface area contributed by atoms with E-state index in [0.29, 0.717) is 13.0 Å². The van der Waals surface area contributed by atoms with Crippen molar-refractivity contribution in [1.29, 1.82) is 0 Å². The van der Waals surface area contributed by atoms with Crippen molar-refractivity contribution in [3.8, 4) is 5.75 Å². The highest BCUT2D eigenvalue weighted by Crippen LogP contribution is 2.30. The molecule has 1 N–H and O–H groups in total. The van der Waals surface area contributed by atoms with Crippen molar-refractivity contribution >= 4 is 51.2 Å². The highest BCUT2D eigenvalue weighted by atomic mass is 127. The van der Waals surface area contributed by atoms with Crippen LogP contribution in [0.25, 0.3) is 0 Å². The molecular formula is C16H14I2O3. The predicted molar refractivity (Wildman–Crippen MR) is 98.6 cm³/mol. The summed E-state index contributed by atoms with van der Waals surface area (Å²) in [6, 6.07) is 14.0. The first-order chi connectivity index (χ1) is 10.1. The summed E-state index contributed by atoms with van der Waals surface area (Å²) >= 11 is 4.47. The zero-order chi connectivity index (χ0) is 15.2. The summed E-state index contributed by atoms with van der Waals surface area (Å²) in [6.07, 6.45) is 0.691. The Morgan fingerprint density at radius 1 is 1.05 bits per heavy atom. The number of rotatable bonds is 6. The maximum absolute atomic E-state index is 10.6. The van der Waals surface area contributed by atoms with Crippen LogP contribution >= 0.6 is 45.2 Å². The Bertz CT molecular complexity index is 604. The van der Waals surface area contributed by atoms with E-state index < -0.39 is 5.97 Å². The van der Waals surface area contributed by atoms with Gasteiger partial charge in [0, 0.05) is 6.42 Å². The Morgan fingerprint density at radius 2 is 1.67 bits per heavy atom. The lowest BCUT2D eigenvalue weighted by molar-refractivity contribution is -0.136. The van der Waals surface area contributed by atoms with Gasteiger partial charge < -0.3 is 9.84 Å². The fourth-order valence-electron chi connectivity index (χ4n) is 1.88. The van der Waals surface area contributed by atoms with Crippen LogP contribution < -0.4 is 4.74 Å². The Kier molecular flexibility index (Phi) is 6.28. The van der Waals surface area contributed by atoms with Crippen molar-refractivity contribution in [3.05, 3.63) is 60.7 Å². The molecule has 3 nitrogen and oxygen atoms in total.